The zero-order valence-corrected chi connectivity index (χ0v) is 11.9. The molecular formula is C12H23N3O4. The van der Waals surface area contributed by atoms with Crippen LogP contribution in [-0.4, -0.2) is 58.0 Å². The van der Waals surface area contributed by atoms with Crippen LogP contribution >= 0.6 is 0 Å². The van der Waals surface area contributed by atoms with Crippen molar-refractivity contribution < 1.29 is 19.5 Å². The summed E-state index contributed by atoms with van der Waals surface area (Å²) in [7, 11) is 0. The van der Waals surface area contributed by atoms with Crippen molar-refractivity contribution in [1.82, 2.24) is 9.80 Å². The van der Waals surface area contributed by atoms with Crippen LogP contribution in [0.3, 0.4) is 0 Å². The molecule has 1 unspecified atom stereocenters. The van der Waals surface area contributed by atoms with Crippen LogP contribution in [0.15, 0.2) is 0 Å². The fourth-order valence-electron chi connectivity index (χ4n) is 1.80. The maximum Gasteiger partial charge on any atom is 0.320 e. The number of amides is 3. The van der Waals surface area contributed by atoms with E-state index in [1.807, 2.05) is 0 Å². The summed E-state index contributed by atoms with van der Waals surface area (Å²) in [6, 6.07) is -1.000. The summed E-state index contributed by atoms with van der Waals surface area (Å²) in [5.74, 6) is -1.56. The van der Waals surface area contributed by atoms with Crippen LogP contribution in [0.4, 0.5) is 4.79 Å². The van der Waals surface area contributed by atoms with E-state index in [1.54, 1.807) is 27.7 Å². The predicted octanol–water partition coefficient (Wildman–Crippen LogP) is 0.487. The highest BCUT2D eigenvalue weighted by molar-refractivity contribution is 5.83. The van der Waals surface area contributed by atoms with Crippen molar-refractivity contribution in [2.75, 3.05) is 13.1 Å². The van der Waals surface area contributed by atoms with E-state index in [0.29, 0.717) is 6.54 Å². The molecule has 0 aromatic carbocycles. The number of primary amides is 1. The number of carbonyl (C=O) groups is 3. The second-order valence-corrected chi connectivity index (χ2v) is 4.70. The molecule has 0 spiro atoms. The van der Waals surface area contributed by atoms with Crippen LogP contribution in [0.5, 0.6) is 0 Å². The van der Waals surface area contributed by atoms with E-state index in [1.165, 1.54) is 9.80 Å². The van der Waals surface area contributed by atoms with Crippen LogP contribution in [0.1, 0.15) is 34.1 Å². The van der Waals surface area contributed by atoms with Gasteiger partial charge in [0.2, 0.25) is 5.91 Å². The Morgan fingerprint density at radius 2 is 1.68 bits per heavy atom. The summed E-state index contributed by atoms with van der Waals surface area (Å²) in [5.41, 5.74) is 5.12. The lowest BCUT2D eigenvalue weighted by atomic mass is 10.2. The van der Waals surface area contributed by atoms with Gasteiger partial charge in [-0.2, -0.15) is 0 Å². The molecule has 0 saturated carbocycles. The molecule has 7 heteroatoms. The van der Waals surface area contributed by atoms with Gasteiger partial charge in [-0.3, -0.25) is 9.59 Å². The third-order valence-corrected chi connectivity index (χ3v) is 2.78. The summed E-state index contributed by atoms with van der Waals surface area (Å²) in [6.45, 7) is 7.17. The molecule has 0 rings (SSSR count). The lowest BCUT2D eigenvalue weighted by molar-refractivity contribution is -0.138. The Balaban J connectivity index is 4.96. The maximum atomic E-state index is 12.3. The van der Waals surface area contributed by atoms with Crippen molar-refractivity contribution in [3.63, 3.8) is 0 Å². The minimum Gasteiger partial charge on any atom is -0.481 e. The number of carboxylic acid groups (broad SMARTS) is 1. The van der Waals surface area contributed by atoms with Gasteiger partial charge in [0.25, 0.3) is 0 Å². The van der Waals surface area contributed by atoms with E-state index in [9.17, 15) is 14.4 Å². The Morgan fingerprint density at radius 1 is 1.16 bits per heavy atom. The third-order valence-electron chi connectivity index (χ3n) is 2.78. The monoisotopic (exact) mass is 273 g/mol. The molecule has 110 valence electrons. The quantitative estimate of drug-likeness (QED) is 0.704. The first kappa shape index (κ1) is 17.2. The van der Waals surface area contributed by atoms with Crippen molar-refractivity contribution in [1.29, 1.82) is 0 Å². The first-order chi connectivity index (χ1) is 8.70. The molecule has 0 saturated heterocycles. The van der Waals surface area contributed by atoms with Gasteiger partial charge in [0.15, 0.2) is 0 Å². The molecule has 0 fully saturated rings. The molecule has 1 atom stereocenters. The van der Waals surface area contributed by atoms with Gasteiger partial charge in [-0.25, -0.2) is 4.79 Å². The molecule has 3 amide bonds. The maximum absolute atomic E-state index is 12.3. The van der Waals surface area contributed by atoms with Crippen molar-refractivity contribution in [3.8, 4) is 0 Å². The summed E-state index contributed by atoms with van der Waals surface area (Å²) in [4.78, 5) is 36.8. The minimum atomic E-state index is -0.968. The van der Waals surface area contributed by atoms with Crippen molar-refractivity contribution in [2.45, 2.75) is 46.2 Å². The Labute approximate surface area is 113 Å². The first-order valence-electron chi connectivity index (χ1n) is 6.28. The SMILES string of the molecule is CCN(C(=O)N(CC(N)=O)C(C)C)C(C)CC(=O)O. The summed E-state index contributed by atoms with van der Waals surface area (Å²) < 4.78 is 0. The highest BCUT2D eigenvalue weighted by Gasteiger charge is 2.27. The van der Waals surface area contributed by atoms with Crippen molar-refractivity contribution in [3.05, 3.63) is 0 Å². The van der Waals surface area contributed by atoms with Gasteiger partial charge in [-0.1, -0.05) is 0 Å². The van der Waals surface area contributed by atoms with Crippen LogP contribution in [0, 0.1) is 0 Å². The highest BCUT2D eigenvalue weighted by atomic mass is 16.4. The molecule has 0 aliphatic heterocycles. The zero-order valence-electron chi connectivity index (χ0n) is 11.9. The molecule has 0 bridgehead atoms. The number of hydrogen-bond donors (Lipinski definition) is 2. The van der Waals surface area contributed by atoms with Crippen molar-refractivity contribution >= 4 is 17.9 Å². The summed E-state index contributed by atoms with van der Waals surface area (Å²) in [5, 5.41) is 8.78. The average Bonchev–Trinajstić information content (AvgIpc) is 2.24. The third kappa shape index (κ3) is 5.58. The summed E-state index contributed by atoms with van der Waals surface area (Å²) in [6.07, 6.45) is -0.137. The zero-order chi connectivity index (χ0) is 15.2. The molecule has 19 heavy (non-hydrogen) atoms. The molecule has 7 nitrogen and oxygen atoms in total. The highest BCUT2D eigenvalue weighted by Crippen LogP contribution is 2.10. The van der Waals surface area contributed by atoms with Gasteiger partial charge in [0, 0.05) is 18.6 Å². The van der Waals surface area contributed by atoms with Crippen molar-refractivity contribution in [2.24, 2.45) is 5.73 Å². The largest absolute Gasteiger partial charge is 0.481 e. The van der Waals surface area contributed by atoms with Crippen LogP contribution in [-0.2, 0) is 9.59 Å². The number of carboxylic acids is 1. The van der Waals surface area contributed by atoms with Gasteiger partial charge in [-0.05, 0) is 27.7 Å². The molecule has 3 N–H and O–H groups in total. The minimum absolute atomic E-state index is 0.137. The number of nitrogens with zero attached hydrogens (tertiary/aromatic N) is 2. The van der Waals surface area contributed by atoms with Crippen LogP contribution in [0.2, 0.25) is 0 Å². The smallest absolute Gasteiger partial charge is 0.320 e. The van der Waals surface area contributed by atoms with Gasteiger partial charge in [-0.15, -0.1) is 0 Å². The lowest BCUT2D eigenvalue weighted by Crippen LogP contribution is -2.52. The normalized spacial score (nSPS) is 12.1. The number of hydrogen-bond acceptors (Lipinski definition) is 3. The average molecular weight is 273 g/mol. The molecule has 0 heterocycles. The number of carbonyl (C=O) groups excluding carboxylic acids is 2. The number of rotatable bonds is 7. The fourth-order valence-corrected chi connectivity index (χ4v) is 1.80. The Bertz CT molecular complexity index is 344. The predicted molar refractivity (Wildman–Crippen MR) is 70.5 cm³/mol. The van der Waals surface area contributed by atoms with E-state index in [0.717, 1.165) is 0 Å². The Morgan fingerprint density at radius 3 is 2.00 bits per heavy atom. The van der Waals surface area contributed by atoms with E-state index >= 15 is 0 Å². The fraction of sp³-hybridized carbons (Fsp3) is 0.750. The first-order valence-corrected chi connectivity index (χ1v) is 6.28. The van der Waals surface area contributed by atoms with Crippen LogP contribution in [0.25, 0.3) is 0 Å². The number of aliphatic carboxylic acids is 1. The number of nitrogens with two attached hydrogens (primary N) is 1. The van der Waals surface area contributed by atoms with Gasteiger partial charge >= 0.3 is 12.0 Å². The van der Waals surface area contributed by atoms with Gasteiger partial charge < -0.3 is 20.6 Å². The molecule has 0 aliphatic rings. The molecule has 0 aliphatic carbocycles. The van der Waals surface area contributed by atoms with E-state index in [-0.39, 0.29) is 25.0 Å². The number of urea groups is 1. The van der Waals surface area contributed by atoms with E-state index in [2.05, 4.69) is 0 Å². The van der Waals surface area contributed by atoms with E-state index < -0.39 is 17.9 Å². The molecular weight excluding hydrogens is 250 g/mol. The van der Waals surface area contributed by atoms with Crippen LogP contribution < -0.4 is 5.73 Å². The standard InChI is InChI=1S/C12H23N3O4/c1-5-14(9(4)6-11(17)18)12(19)15(8(2)3)7-10(13)16/h8-9H,5-7H2,1-4H3,(H2,13,16)(H,17,18). The Hall–Kier alpha value is -1.79. The molecule has 0 aromatic rings. The molecule has 0 radical (unpaired) electrons. The molecule has 0 aromatic heterocycles. The van der Waals surface area contributed by atoms with E-state index in [4.69, 9.17) is 10.8 Å². The topological polar surface area (TPSA) is 104 Å². The lowest BCUT2D eigenvalue weighted by Gasteiger charge is -2.35. The summed E-state index contributed by atoms with van der Waals surface area (Å²) >= 11 is 0. The second kappa shape index (κ2) is 7.60. The second-order valence-electron chi connectivity index (χ2n) is 4.70. The Kier molecular flexibility index (Phi) is 6.89. The van der Waals surface area contributed by atoms with Gasteiger partial charge in [0.1, 0.15) is 6.54 Å². The van der Waals surface area contributed by atoms with Gasteiger partial charge in [0.05, 0.1) is 6.42 Å².